The summed E-state index contributed by atoms with van der Waals surface area (Å²) in [5.41, 5.74) is 11.7. The summed E-state index contributed by atoms with van der Waals surface area (Å²) >= 11 is 0. The lowest BCUT2D eigenvalue weighted by Gasteiger charge is -2.20. The highest BCUT2D eigenvalue weighted by Gasteiger charge is 2.21. The number of rotatable bonds is 4. The third-order valence-electron chi connectivity index (χ3n) is 9.84. The summed E-state index contributed by atoms with van der Waals surface area (Å²) < 4.78 is 6.30. The quantitative estimate of drug-likeness (QED) is 0.145. The van der Waals surface area contributed by atoms with Crippen molar-refractivity contribution >= 4 is 54.3 Å². The van der Waals surface area contributed by atoms with Gasteiger partial charge in [-0.15, -0.1) is 0 Å². The normalized spacial score (nSPS) is 11.8. The maximum absolute atomic E-state index is 6.30. The Morgan fingerprint density at radius 3 is 1.60 bits per heavy atom. The first-order valence-electron chi connectivity index (χ1n) is 16.2. The Balaban J connectivity index is 1.28. The van der Waals surface area contributed by atoms with Crippen molar-refractivity contribution in [2.24, 2.45) is 0 Å². The molecule has 218 valence electrons. The molecule has 9 aromatic carbocycles. The maximum atomic E-state index is 6.30. The Bertz CT molecular complexity index is 2710. The van der Waals surface area contributed by atoms with E-state index in [4.69, 9.17) is 4.42 Å². The molecule has 0 radical (unpaired) electrons. The van der Waals surface area contributed by atoms with Crippen LogP contribution in [0.2, 0.25) is 0 Å². The second-order valence-corrected chi connectivity index (χ2v) is 12.4. The zero-order chi connectivity index (χ0) is 30.9. The molecule has 0 N–H and O–H groups in total. The van der Waals surface area contributed by atoms with Crippen molar-refractivity contribution in [1.82, 2.24) is 0 Å². The maximum Gasteiger partial charge on any atom is 0.136 e. The fraction of sp³-hybridized carbons (Fsp3) is 0. The third kappa shape index (κ3) is 3.90. The van der Waals surface area contributed by atoms with Gasteiger partial charge in [0.2, 0.25) is 0 Å². The topological polar surface area (TPSA) is 13.1 Å². The van der Waals surface area contributed by atoms with Gasteiger partial charge in [-0.2, -0.15) is 0 Å². The molecular formula is C46H28O. The van der Waals surface area contributed by atoms with Gasteiger partial charge in [0.15, 0.2) is 0 Å². The molecule has 0 saturated carbocycles. The number of furan rings is 1. The van der Waals surface area contributed by atoms with Gasteiger partial charge in [-0.1, -0.05) is 152 Å². The zero-order valence-corrected chi connectivity index (χ0v) is 25.6. The van der Waals surface area contributed by atoms with Gasteiger partial charge in [0.05, 0.1) is 0 Å². The predicted molar refractivity (Wildman–Crippen MR) is 199 cm³/mol. The summed E-state index contributed by atoms with van der Waals surface area (Å²) in [6.07, 6.45) is 0. The van der Waals surface area contributed by atoms with Crippen LogP contribution < -0.4 is 0 Å². The van der Waals surface area contributed by atoms with Crippen molar-refractivity contribution in [3.8, 4) is 44.5 Å². The Hall–Kier alpha value is -6.18. The molecule has 0 saturated heterocycles. The second kappa shape index (κ2) is 10.2. The van der Waals surface area contributed by atoms with Gasteiger partial charge >= 0.3 is 0 Å². The van der Waals surface area contributed by atoms with Crippen LogP contribution in [0.1, 0.15) is 0 Å². The van der Waals surface area contributed by atoms with Crippen molar-refractivity contribution < 1.29 is 4.42 Å². The van der Waals surface area contributed by atoms with Gasteiger partial charge in [-0.05, 0) is 95.0 Å². The summed E-state index contributed by atoms with van der Waals surface area (Å²) in [5, 5.41) is 9.88. The third-order valence-corrected chi connectivity index (χ3v) is 9.84. The summed E-state index contributed by atoms with van der Waals surface area (Å²) in [7, 11) is 0. The molecule has 1 heterocycles. The largest absolute Gasteiger partial charge is 0.456 e. The van der Waals surface area contributed by atoms with E-state index in [1.165, 1.54) is 87.6 Å². The minimum Gasteiger partial charge on any atom is -0.456 e. The molecule has 0 bridgehead atoms. The van der Waals surface area contributed by atoms with Crippen molar-refractivity contribution in [3.05, 3.63) is 170 Å². The van der Waals surface area contributed by atoms with Crippen LogP contribution in [0.4, 0.5) is 0 Å². The summed E-state index contributed by atoms with van der Waals surface area (Å²) in [4.78, 5) is 0. The second-order valence-electron chi connectivity index (χ2n) is 12.4. The van der Waals surface area contributed by atoms with E-state index in [0.29, 0.717) is 0 Å². The van der Waals surface area contributed by atoms with E-state index in [2.05, 4.69) is 170 Å². The molecule has 0 aliphatic rings. The fourth-order valence-corrected chi connectivity index (χ4v) is 7.82. The molecule has 0 spiro atoms. The lowest BCUT2D eigenvalue weighted by atomic mass is 9.83. The van der Waals surface area contributed by atoms with Crippen molar-refractivity contribution in [2.75, 3.05) is 0 Å². The molecule has 0 unspecified atom stereocenters. The lowest BCUT2D eigenvalue weighted by Crippen LogP contribution is -1.93. The van der Waals surface area contributed by atoms with E-state index in [1.807, 2.05) is 0 Å². The summed E-state index contributed by atoms with van der Waals surface area (Å²) in [6.45, 7) is 0. The Kier molecular flexibility index (Phi) is 5.64. The molecular weight excluding hydrogens is 569 g/mol. The SMILES string of the molecule is c1ccc(-c2cc(-c3ccc4oc5cccc6ccc3c4c65)ccc2-c2c3ccccc3c(-c3ccccc3)c3ccccc23)cc1. The predicted octanol–water partition coefficient (Wildman–Crippen LogP) is 13.2. The van der Waals surface area contributed by atoms with Gasteiger partial charge in [0.25, 0.3) is 0 Å². The lowest BCUT2D eigenvalue weighted by molar-refractivity contribution is 0.669. The van der Waals surface area contributed by atoms with Gasteiger partial charge in [-0.25, -0.2) is 0 Å². The number of hydrogen-bond acceptors (Lipinski definition) is 1. The molecule has 1 aromatic heterocycles. The summed E-state index contributed by atoms with van der Waals surface area (Å²) in [6, 6.07) is 61.6. The Morgan fingerprint density at radius 1 is 0.298 bits per heavy atom. The van der Waals surface area contributed by atoms with Crippen LogP contribution in [-0.4, -0.2) is 0 Å². The highest BCUT2D eigenvalue weighted by molar-refractivity contribution is 6.25. The molecule has 0 aliphatic carbocycles. The van der Waals surface area contributed by atoms with Crippen molar-refractivity contribution in [1.29, 1.82) is 0 Å². The van der Waals surface area contributed by atoms with Crippen LogP contribution in [-0.2, 0) is 0 Å². The van der Waals surface area contributed by atoms with Gasteiger partial charge in [0.1, 0.15) is 11.2 Å². The molecule has 1 heteroatoms. The number of hydrogen-bond donors (Lipinski definition) is 0. The molecule has 0 amide bonds. The first-order valence-corrected chi connectivity index (χ1v) is 16.2. The van der Waals surface area contributed by atoms with Gasteiger partial charge in [-0.3, -0.25) is 0 Å². The van der Waals surface area contributed by atoms with Crippen LogP contribution in [0.3, 0.4) is 0 Å². The van der Waals surface area contributed by atoms with E-state index >= 15 is 0 Å². The molecule has 0 aliphatic heterocycles. The van der Waals surface area contributed by atoms with Gasteiger partial charge in [0, 0.05) is 10.8 Å². The first kappa shape index (κ1) is 26.1. The highest BCUT2D eigenvalue weighted by atomic mass is 16.3. The molecule has 47 heavy (non-hydrogen) atoms. The Morgan fingerprint density at radius 2 is 0.894 bits per heavy atom. The van der Waals surface area contributed by atoms with Crippen LogP contribution in [0.15, 0.2) is 174 Å². The molecule has 10 aromatic rings. The monoisotopic (exact) mass is 596 g/mol. The molecule has 10 rings (SSSR count). The number of benzene rings is 9. The van der Waals surface area contributed by atoms with E-state index in [-0.39, 0.29) is 0 Å². The van der Waals surface area contributed by atoms with E-state index in [1.54, 1.807) is 0 Å². The first-order chi connectivity index (χ1) is 23.3. The smallest absolute Gasteiger partial charge is 0.136 e. The zero-order valence-electron chi connectivity index (χ0n) is 25.6. The highest BCUT2D eigenvalue weighted by Crippen LogP contribution is 2.48. The van der Waals surface area contributed by atoms with Crippen LogP contribution in [0.5, 0.6) is 0 Å². The van der Waals surface area contributed by atoms with E-state index in [9.17, 15) is 0 Å². The molecule has 0 fully saturated rings. The molecule has 0 atom stereocenters. The van der Waals surface area contributed by atoms with E-state index < -0.39 is 0 Å². The van der Waals surface area contributed by atoms with E-state index in [0.717, 1.165) is 11.2 Å². The van der Waals surface area contributed by atoms with Crippen LogP contribution >= 0.6 is 0 Å². The molecule has 1 nitrogen and oxygen atoms in total. The Labute approximate surface area is 272 Å². The average Bonchev–Trinajstić information content (AvgIpc) is 3.53. The van der Waals surface area contributed by atoms with Crippen LogP contribution in [0, 0.1) is 0 Å². The standard InChI is InChI=1S/C46H28O/c1-3-12-29(13-4-1)40-28-32(33-26-27-42-46-38(33)24-22-31-16-11-21-41(47-42)44(31)46)23-25-39(40)45-36-19-9-7-17-34(36)43(30-14-5-2-6-15-30)35-18-8-10-20-37(35)45/h1-28H. The minimum absolute atomic E-state index is 0.937. The minimum atomic E-state index is 0.937. The van der Waals surface area contributed by atoms with Crippen molar-refractivity contribution in [3.63, 3.8) is 0 Å². The average molecular weight is 597 g/mol. The van der Waals surface area contributed by atoms with Crippen molar-refractivity contribution in [2.45, 2.75) is 0 Å². The number of fused-ring (bicyclic) bond motifs is 2. The fourth-order valence-electron chi connectivity index (χ4n) is 7.82. The van der Waals surface area contributed by atoms with Gasteiger partial charge < -0.3 is 4.42 Å². The van der Waals surface area contributed by atoms with Crippen LogP contribution in [0.25, 0.3) is 98.8 Å². The summed E-state index contributed by atoms with van der Waals surface area (Å²) in [5.74, 6) is 0.